The Morgan fingerprint density at radius 1 is 1.03 bits per heavy atom. The van der Waals surface area contributed by atoms with Gasteiger partial charge in [0.15, 0.2) is 0 Å². The van der Waals surface area contributed by atoms with Gasteiger partial charge in [0.1, 0.15) is 6.04 Å². The lowest BCUT2D eigenvalue weighted by Gasteiger charge is -2.39. The number of benzene rings is 2. The number of hydrogen-bond donors (Lipinski definition) is 1. The van der Waals surface area contributed by atoms with E-state index in [1.165, 1.54) is 0 Å². The first kappa shape index (κ1) is 19.9. The molecule has 0 aromatic heterocycles. The van der Waals surface area contributed by atoms with Gasteiger partial charge >= 0.3 is 0 Å². The summed E-state index contributed by atoms with van der Waals surface area (Å²) in [5.74, 6) is 0.429. The van der Waals surface area contributed by atoms with Crippen molar-refractivity contribution in [3.63, 3.8) is 0 Å². The van der Waals surface area contributed by atoms with Crippen LogP contribution in [0.4, 0.5) is 5.69 Å². The third-order valence-corrected chi connectivity index (χ3v) is 6.13. The molecule has 2 aromatic carbocycles. The predicted octanol–water partition coefficient (Wildman–Crippen LogP) is 3.88. The molecule has 2 amide bonds. The molecule has 0 bridgehead atoms. The molecular weight excluding hydrogens is 386 g/mol. The molecule has 2 aromatic rings. The van der Waals surface area contributed by atoms with Crippen LogP contribution >= 0.6 is 11.6 Å². The number of halogens is 1. The molecule has 6 heteroatoms. The number of nitrogens with one attached hydrogen (secondary N) is 1. The molecule has 0 unspecified atom stereocenters. The molecule has 1 aliphatic carbocycles. The molecule has 0 spiro atoms. The minimum atomic E-state index is -0.408. The zero-order chi connectivity index (χ0) is 20.4. The van der Waals surface area contributed by atoms with E-state index in [9.17, 15) is 9.59 Å². The van der Waals surface area contributed by atoms with Crippen molar-refractivity contribution in [2.24, 2.45) is 5.92 Å². The van der Waals surface area contributed by atoms with Crippen LogP contribution < -0.4 is 5.32 Å². The van der Waals surface area contributed by atoms with E-state index in [0.29, 0.717) is 36.9 Å². The van der Waals surface area contributed by atoms with Gasteiger partial charge in [0, 0.05) is 42.8 Å². The van der Waals surface area contributed by atoms with Crippen molar-refractivity contribution < 1.29 is 9.59 Å². The zero-order valence-corrected chi connectivity index (χ0v) is 17.4. The van der Waals surface area contributed by atoms with Gasteiger partial charge in [-0.2, -0.15) is 0 Å². The van der Waals surface area contributed by atoms with Crippen LogP contribution in [0, 0.1) is 12.8 Å². The largest absolute Gasteiger partial charge is 0.340 e. The Kier molecular flexibility index (Phi) is 5.88. The van der Waals surface area contributed by atoms with Crippen LogP contribution in [-0.2, 0) is 9.59 Å². The highest BCUT2D eigenvalue weighted by Crippen LogP contribution is 2.32. The van der Waals surface area contributed by atoms with E-state index in [1.807, 2.05) is 54.3 Å². The van der Waals surface area contributed by atoms with Crippen LogP contribution in [0.5, 0.6) is 0 Å². The SMILES string of the molecule is Cc1ccc(NC(=O)[C@H](c2ccccc2)N2CCN(C(=O)C3CC3)CC2)cc1Cl. The minimum absolute atomic E-state index is 0.0851. The molecule has 5 nitrogen and oxygen atoms in total. The Bertz CT molecular complexity index is 890. The van der Waals surface area contributed by atoms with Crippen LogP contribution in [0.2, 0.25) is 5.02 Å². The maximum atomic E-state index is 13.3. The lowest BCUT2D eigenvalue weighted by molar-refractivity contribution is -0.135. The molecule has 1 saturated carbocycles. The maximum absolute atomic E-state index is 13.3. The Morgan fingerprint density at radius 3 is 2.34 bits per heavy atom. The highest BCUT2D eigenvalue weighted by Gasteiger charge is 2.37. The van der Waals surface area contributed by atoms with Crippen molar-refractivity contribution in [1.82, 2.24) is 9.80 Å². The first-order valence-electron chi connectivity index (χ1n) is 10.2. The van der Waals surface area contributed by atoms with Gasteiger partial charge in [0.25, 0.3) is 0 Å². The Morgan fingerprint density at radius 2 is 1.72 bits per heavy atom. The first-order valence-corrected chi connectivity index (χ1v) is 10.6. The van der Waals surface area contributed by atoms with Gasteiger partial charge in [-0.25, -0.2) is 0 Å². The van der Waals surface area contributed by atoms with Crippen molar-refractivity contribution in [2.75, 3.05) is 31.5 Å². The highest BCUT2D eigenvalue weighted by atomic mass is 35.5. The average molecular weight is 412 g/mol. The highest BCUT2D eigenvalue weighted by molar-refractivity contribution is 6.31. The summed E-state index contributed by atoms with van der Waals surface area (Å²) in [6.07, 6.45) is 2.04. The van der Waals surface area contributed by atoms with Crippen molar-refractivity contribution >= 4 is 29.1 Å². The fraction of sp³-hybridized carbons (Fsp3) is 0.391. The monoisotopic (exact) mass is 411 g/mol. The fourth-order valence-corrected chi connectivity index (χ4v) is 4.01. The number of carbonyl (C=O) groups excluding carboxylic acids is 2. The first-order chi connectivity index (χ1) is 14.0. The lowest BCUT2D eigenvalue weighted by Crippen LogP contribution is -2.52. The van der Waals surface area contributed by atoms with Crippen LogP contribution in [0.25, 0.3) is 0 Å². The molecule has 2 fully saturated rings. The van der Waals surface area contributed by atoms with Crippen LogP contribution in [0.1, 0.15) is 30.0 Å². The van der Waals surface area contributed by atoms with Gasteiger partial charge in [-0.05, 0) is 43.0 Å². The Hall–Kier alpha value is -2.37. The quantitative estimate of drug-likeness (QED) is 0.812. The molecule has 29 heavy (non-hydrogen) atoms. The van der Waals surface area contributed by atoms with Crippen molar-refractivity contribution in [3.05, 3.63) is 64.7 Å². The summed E-state index contributed by atoms with van der Waals surface area (Å²) in [4.78, 5) is 29.7. The van der Waals surface area contributed by atoms with Gasteiger partial charge < -0.3 is 10.2 Å². The fourth-order valence-electron chi connectivity index (χ4n) is 3.83. The van der Waals surface area contributed by atoms with E-state index in [2.05, 4.69) is 10.2 Å². The topological polar surface area (TPSA) is 52.7 Å². The third kappa shape index (κ3) is 4.62. The lowest BCUT2D eigenvalue weighted by atomic mass is 10.0. The molecule has 2 aliphatic rings. The van der Waals surface area contributed by atoms with Gasteiger partial charge in [0.05, 0.1) is 0 Å². The number of carbonyl (C=O) groups is 2. The number of rotatable bonds is 5. The van der Waals surface area contributed by atoms with Gasteiger partial charge in [0.2, 0.25) is 11.8 Å². The van der Waals surface area contributed by atoms with Crippen LogP contribution in [0.3, 0.4) is 0 Å². The summed E-state index contributed by atoms with van der Waals surface area (Å²) in [7, 11) is 0. The second-order valence-electron chi connectivity index (χ2n) is 7.90. The molecule has 0 radical (unpaired) electrons. The maximum Gasteiger partial charge on any atom is 0.246 e. The minimum Gasteiger partial charge on any atom is -0.340 e. The zero-order valence-electron chi connectivity index (χ0n) is 16.6. The summed E-state index contributed by atoms with van der Waals surface area (Å²) in [5.41, 5.74) is 2.61. The number of anilines is 1. The average Bonchev–Trinajstić information content (AvgIpc) is 3.57. The normalized spacial score (nSPS) is 18.3. The molecule has 1 saturated heterocycles. The number of amides is 2. The van der Waals surface area contributed by atoms with Crippen LogP contribution in [-0.4, -0.2) is 47.8 Å². The van der Waals surface area contributed by atoms with Crippen LogP contribution in [0.15, 0.2) is 48.5 Å². The van der Waals surface area contributed by atoms with E-state index in [-0.39, 0.29) is 17.7 Å². The second-order valence-corrected chi connectivity index (χ2v) is 8.31. The number of aryl methyl sites for hydroxylation is 1. The van der Waals surface area contributed by atoms with E-state index >= 15 is 0 Å². The standard InChI is InChI=1S/C23H26ClN3O2/c1-16-7-10-19(15-20(16)24)25-22(28)21(17-5-3-2-4-6-17)26-11-13-27(14-12-26)23(29)18-8-9-18/h2-7,10,15,18,21H,8-9,11-14H2,1H3,(H,25,28)/t21-/m0/s1. The smallest absolute Gasteiger partial charge is 0.246 e. The predicted molar refractivity (Wildman–Crippen MR) is 115 cm³/mol. The van der Waals surface area contributed by atoms with E-state index in [1.54, 1.807) is 6.07 Å². The van der Waals surface area contributed by atoms with Gasteiger partial charge in [-0.1, -0.05) is 48.0 Å². The van der Waals surface area contributed by atoms with E-state index in [0.717, 1.165) is 24.0 Å². The summed E-state index contributed by atoms with van der Waals surface area (Å²) in [5, 5.41) is 3.65. The molecule has 1 atom stereocenters. The number of piperazine rings is 1. The van der Waals surface area contributed by atoms with Crippen molar-refractivity contribution in [3.8, 4) is 0 Å². The third-order valence-electron chi connectivity index (χ3n) is 5.72. The van der Waals surface area contributed by atoms with Crippen molar-refractivity contribution in [2.45, 2.75) is 25.8 Å². The number of nitrogens with zero attached hydrogens (tertiary/aromatic N) is 2. The van der Waals surface area contributed by atoms with E-state index in [4.69, 9.17) is 11.6 Å². The molecule has 152 valence electrons. The molecule has 1 heterocycles. The molecule has 4 rings (SSSR count). The Labute approximate surface area is 176 Å². The summed E-state index contributed by atoms with van der Waals surface area (Å²) in [6, 6.07) is 15.0. The Balaban J connectivity index is 1.50. The van der Waals surface area contributed by atoms with Gasteiger partial charge in [-0.3, -0.25) is 14.5 Å². The van der Waals surface area contributed by atoms with Crippen molar-refractivity contribution in [1.29, 1.82) is 0 Å². The summed E-state index contributed by atoms with van der Waals surface area (Å²) < 4.78 is 0. The summed E-state index contributed by atoms with van der Waals surface area (Å²) >= 11 is 6.22. The summed E-state index contributed by atoms with van der Waals surface area (Å²) in [6.45, 7) is 4.63. The molecular formula is C23H26ClN3O2. The van der Waals surface area contributed by atoms with E-state index < -0.39 is 6.04 Å². The molecule has 1 N–H and O–H groups in total. The van der Waals surface area contributed by atoms with Gasteiger partial charge in [-0.15, -0.1) is 0 Å². The number of hydrogen-bond acceptors (Lipinski definition) is 3. The second kappa shape index (κ2) is 8.56. The molecule has 1 aliphatic heterocycles.